The zero-order chi connectivity index (χ0) is 14.5. The highest BCUT2D eigenvalue weighted by Gasteiger charge is 2.15. The van der Waals surface area contributed by atoms with Gasteiger partial charge in [0.05, 0.1) is 6.04 Å². The molecule has 0 amide bonds. The second-order valence-electron chi connectivity index (χ2n) is 4.73. The van der Waals surface area contributed by atoms with E-state index >= 15 is 0 Å². The Kier molecular flexibility index (Phi) is 4.75. The van der Waals surface area contributed by atoms with Gasteiger partial charge in [0.2, 0.25) is 0 Å². The smallest absolute Gasteiger partial charge is 0.127 e. The molecule has 2 aromatic heterocycles. The lowest BCUT2D eigenvalue weighted by molar-refractivity contribution is 0.512. The van der Waals surface area contributed by atoms with Crippen LogP contribution >= 0.6 is 22.7 Å². The van der Waals surface area contributed by atoms with Gasteiger partial charge in [-0.25, -0.2) is 9.37 Å². The van der Waals surface area contributed by atoms with Crippen LogP contribution < -0.4 is 5.32 Å². The Morgan fingerprint density at radius 1 is 1.19 bits per heavy atom. The Morgan fingerprint density at radius 2 is 2.10 bits per heavy atom. The Hall–Kier alpha value is -1.56. The average Bonchev–Trinajstić information content (AvgIpc) is 3.18. The highest BCUT2D eigenvalue weighted by molar-refractivity contribution is 7.09. The van der Waals surface area contributed by atoms with Crippen LogP contribution in [0.1, 0.15) is 22.2 Å². The first-order valence-electron chi connectivity index (χ1n) is 6.70. The molecule has 1 atom stereocenters. The van der Waals surface area contributed by atoms with Crippen LogP contribution in [-0.4, -0.2) is 4.98 Å². The van der Waals surface area contributed by atoms with Crippen molar-refractivity contribution in [1.82, 2.24) is 10.3 Å². The number of halogens is 1. The minimum absolute atomic E-state index is 0.110. The first-order chi connectivity index (χ1) is 10.3. The van der Waals surface area contributed by atoms with E-state index in [0.717, 1.165) is 11.4 Å². The minimum atomic E-state index is -0.168. The number of rotatable bonds is 6. The first kappa shape index (κ1) is 14.4. The maximum absolute atomic E-state index is 13.7. The standard InChI is InChI=1S/C16H15FN2S2/c17-14-4-2-1-3-13(14)10-19-15(16-18-6-8-21-16)9-12-5-7-20-11-12/h1-8,11,15,19H,9-10H2/t15-/m1/s1. The summed E-state index contributed by atoms with van der Waals surface area (Å²) in [5, 5.41) is 10.7. The van der Waals surface area contributed by atoms with Crippen LogP contribution in [0.3, 0.4) is 0 Å². The normalized spacial score (nSPS) is 12.4. The number of thiophene rings is 1. The van der Waals surface area contributed by atoms with Crippen LogP contribution in [0.4, 0.5) is 4.39 Å². The summed E-state index contributed by atoms with van der Waals surface area (Å²) in [6.07, 6.45) is 2.68. The molecule has 0 saturated heterocycles. The molecular formula is C16H15FN2S2. The summed E-state index contributed by atoms with van der Waals surface area (Å²) in [4.78, 5) is 4.40. The van der Waals surface area contributed by atoms with Gasteiger partial charge in [-0.2, -0.15) is 11.3 Å². The highest BCUT2D eigenvalue weighted by Crippen LogP contribution is 2.22. The second kappa shape index (κ2) is 6.93. The van der Waals surface area contributed by atoms with Crippen LogP contribution in [0.2, 0.25) is 0 Å². The van der Waals surface area contributed by atoms with Gasteiger partial charge in [-0.1, -0.05) is 18.2 Å². The lowest BCUT2D eigenvalue weighted by atomic mass is 10.1. The van der Waals surface area contributed by atoms with Crippen molar-refractivity contribution in [2.45, 2.75) is 19.0 Å². The van der Waals surface area contributed by atoms with Gasteiger partial charge in [-0.3, -0.25) is 0 Å². The Morgan fingerprint density at radius 3 is 2.81 bits per heavy atom. The van der Waals surface area contributed by atoms with Crippen LogP contribution in [0.5, 0.6) is 0 Å². The van der Waals surface area contributed by atoms with Gasteiger partial charge >= 0.3 is 0 Å². The molecule has 0 saturated carbocycles. The lowest BCUT2D eigenvalue weighted by Gasteiger charge is -2.16. The third kappa shape index (κ3) is 3.75. The van der Waals surface area contributed by atoms with Crippen molar-refractivity contribution in [2.24, 2.45) is 0 Å². The average molecular weight is 318 g/mol. The Balaban J connectivity index is 1.72. The molecule has 21 heavy (non-hydrogen) atoms. The molecule has 0 aliphatic carbocycles. The molecule has 0 aliphatic heterocycles. The monoisotopic (exact) mass is 318 g/mol. The molecule has 2 heterocycles. The van der Waals surface area contributed by atoms with Crippen molar-refractivity contribution in [2.75, 3.05) is 0 Å². The SMILES string of the molecule is Fc1ccccc1CN[C@H](Cc1ccsc1)c1nccs1. The molecule has 0 fully saturated rings. The fourth-order valence-corrected chi connectivity index (χ4v) is 3.57. The lowest BCUT2D eigenvalue weighted by Crippen LogP contribution is -2.23. The van der Waals surface area contributed by atoms with Crippen LogP contribution in [-0.2, 0) is 13.0 Å². The number of nitrogens with zero attached hydrogens (tertiary/aromatic N) is 1. The topological polar surface area (TPSA) is 24.9 Å². The second-order valence-corrected chi connectivity index (χ2v) is 6.44. The molecule has 3 aromatic rings. The van der Waals surface area contributed by atoms with E-state index in [1.54, 1.807) is 28.7 Å². The molecule has 2 nitrogen and oxygen atoms in total. The molecule has 0 spiro atoms. The minimum Gasteiger partial charge on any atom is -0.303 e. The molecule has 1 aromatic carbocycles. The van der Waals surface area contributed by atoms with Gasteiger partial charge in [0.25, 0.3) is 0 Å². The third-order valence-corrected chi connectivity index (χ3v) is 4.89. The van der Waals surface area contributed by atoms with E-state index in [9.17, 15) is 4.39 Å². The summed E-state index contributed by atoms with van der Waals surface area (Å²) in [6, 6.07) is 9.11. The fraction of sp³-hybridized carbons (Fsp3) is 0.188. The number of thiazole rings is 1. The molecule has 1 N–H and O–H groups in total. The van der Waals surface area contributed by atoms with Crippen molar-refractivity contribution in [1.29, 1.82) is 0 Å². The van der Waals surface area contributed by atoms with Crippen molar-refractivity contribution in [3.8, 4) is 0 Å². The molecule has 0 unspecified atom stereocenters. The quantitative estimate of drug-likeness (QED) is 0.728. The summed E-state index contributed by atoms with van der Waals surface area (Å²) >= 11 is 3.32. The summed E-state index contributed by atoms with van der Waals surface area (Å²) in [5.74, 6) is -0.168. The van der Waals surface area contributed by atoms with E-state index in [0.29, 0.717) is 12.1 Å². The Labute approximate surface area is 131 Å². The van der Waals surface area contributed by atoms with Gasteiger partial charge < -0.3 is 5.32 Å². The first-order valence-corrected chi connectivity index (χ1v) is 8.52. The molecule has 108 valence electrons. The van der Waals surface area contributed by atoms with E-state index in [4.69, 9.17) is 0 Å². The molecular weight excluding hydrogens is 303 g/mol. The summed E-state index contributed by atoms with van der Waals surface area (Å²) < 4.78 is 13.7. The number of nitrogens with one attached hydrogen (secondary N) is 1. The summed E-state index contributed by atoms with van der Waals surface area (Å²) in [6.45, 7) is 0.501. The highest BCUT2D eigenvalue weighted by atomic mass is 32.1. The van der Waals surface area contributed by atoms with Gasteiger partial charge in [0.1, 0.15) is 10.8 Å². The van der Waals surface area contributed by atoms with Crippen molar-refractivity contribution >= 4 is 22.7 Å². The Bertz CT molecular complexity index is 665. The number of hydrogen-bond acceptors (Lipinski definition) is 4. The van der Waals surface area contributed by atoms with Crippen molar-refractivity contribution < 1.29 is 4.39 Å². The molecule has 0 radical (unpaired) electrons. The van der Waals surface area contributed by atoms with Crippen molar-refractivity contribution in [3.05, 3.63) is 74.6 Å². The molecule has 5 heteroatoms. The van der Waals surface area contributed by atoms with Gasteiger partial charge in [0, 0.05) is 23.7 Å². The van der Waals surface area contributed by atoms with E-state index < -0.39 is 0 Å². The van der Waals surface area contributed by atoms with Gasteiger partial charge in [0.15, 0.2) is 0 Å². The van der Waals surface area contributed by atoms with Crippen LogP contribution in [0.15, 0.2) is 52.7 Å². The molecule has 3 rings (SSSR count). The largest absolute Gasteiger partial charge is 0.303 e. The van der Waals surface area contributed by atoms with Crippen LogP contribution in [0.25, 0.3) is 0 Å². The third-order valence-electron chi connectivity index (χ3n) is 3.27. The maximum Gasteiger partial charge on any atom is 0.127 e. The van der Waals surface area contributed by atoms with E-state index in [1.807, 2.05) is 23.7 Å². The summed E-state index contributed by atoms with van der Waals surface area (Å²) in [7, 11) is 0. The maximum atomic E-state index is 13.7. The van der Waals surface area contributed by atoms with E-state index in [1.165, 1.54) is 11.6 Å². The predicted octanol–water partition coefficient (Wildman–Crippen LogP) is 4.42. The number of hydrogen-bond donors (Lipinski definition) is 1. The van der Waals surface area contributed by atoms with E-state index in [2.05, 4.69) is 27.1 Å². The zero-order valence-corrected chi connectivity index (χ0v) is 13.0. The van der Waals surface area contributed by atoms with Crippen LogP contribution in [0, 0.1) is 5.82 Å². The van der Waals surface area contributed by atoms with Gasteiger partial charge in [-0.05, 0) is 34.9 Å². The van der Waals surface area contributed by atoms with Crippen molar-refractivity contribution in [3.63, 3.8) is 0 Å². The summed E-state index contributed by atoms with van der Waals surface area (Å²) in [5.41, 5.74) is 1.96. The zero-order valence-electron chi connectivity index (χ0n) is 11.3. The molecule has 0 aliphatic rings. The molecule has 0 bridgehead atoms. The number of benzene rings is 1. The predicted molar refractivity (Wildman–Crippen MR) is 86.1 cm³/mol. The fourth-order valence-electron chi connectivity index (χ4n) is 2.17. The number of aromatic nitrogens is 1. The van der Waals surface area contributed by atoms with Gasteiger partial charge in [-0.15, -0.1) is 11.3 Å². The van der Waals surface area contributed by atoms with E-state index in [-0.39, 0.29) is 11.9 Å².